The van der Waals surface area contributed by atoms with Crippen LogP contribution >= 0.6 is 0 Å². The second-order valence-corrected chi connectivity index (χ2v) is 6.42. The summed E-state index contributed by atoms with van der Waals surface area (Å²) in [6, 6.07) is 0. The third kappa shape index (κ3) is 6.93. The van der Waals surface area contributed by atoms with Crippen molar-refractivity contribution in [1.29, 1.82) is 0 Å². The molecule has 1 fully saturated rings. The van der Waals surface area contributed by atoms with Crippen molar-refractivity contribution in [2.45, 2.75) is 59.0 Å². The summed E-state index contributed by atoms with van der Waals surface area (Å²) in [7, 11) is 0. The largest absolute Gasteiger partial charge is 0.481 e. The molecule has 1 rings (SSSR count). The highest BCUT2D eigenvalue weighted by Crippen LogP contribution is 2.22. The minimum atomic E-state index is -0.760. The summed E-state index contributed by atoms with van der Waals surface area (Å²) in [4.78, 5) is 24.8. The van der Waals surface area contributed by atoms with Gasteiger partial charge in [0.25, 0.3) is 5.91 Å². The van der Waals surface area contributed by atoms with Crippen molar-refractivity contribution in [2.24, 2.45) is 11.8 Å². The molecular formula is C16H29NO4. The predicted molar refractivity (Wildman–Crippen MR) is 81.0 cm³/mol. The molecule has 1 aliphatic rings. The summed E-state index contributed by atoms with van der Waals surface area (Å²) in [5.41, 5.74) is 0. The highest BCUT2D eigenvalue weighted by atomic mass is 16.5. The van der Waals surface area contributed by atoms with Gasteiger partial charge < -0.3 is 14.7 Å². The highest BCUT2D eigenvalue weighted by molar-refractivity contribution is 5.80. The first-order valence-electron chi connectivity index (χ1n) is 8.02. The number of hydrogen-bond donors (Lipinski definition) is 1. The van der Waals surface area contributed by atoms with E-state index < -0.39 is 12.1 Å². The summed E-state index contributed by atoms with van der Waals surface area (Å²) >= 11 is 0. The van der Waals surface area contributed by atoms with Gasteiger partial charge in [-0.3, -0.25) is 9.59 Å². The molecule has 1 amide bonds. The van der Waals surface area contributed by atoms with Gasteiger partial charge in [-0.25, -0.2) is 0 Å². The molecular weight excluding hydrogens is 270 g/mol. The number of nitrogens with zero attached hydrogens (tertiary/aromatic N) is 1. The van der Waals surface area contributed by atoms with E-state index in [1.165, 1.54) is 0 Å². The van der Waals surface area contributed by atoms with E-state index in [0.29, 0.717) is 31.4 Å². The third-order valence-corrected chi connectivity index (χ3v) is 4.01. The van der Waals surface area contributed by atoms with Crippen LogP contribution in [0.5, 0.6) is 0 Å². The summed E-state index contributed by atoms with van der Waals surface area (Å²) in [5, 5.41) is 8.75. The zero-order chi connectivity index (χ0) is 15.8. The quantitative estimate of drug-likeness (QED) is 0.748. The second kappa shape index (κ2) is 9.03. The van der Waals surface area contributed by atoms with E-state index >= 15 is 0 Å². The Hall–Kier alpha value is -1.10. The van der Waals surface area contributed by atoms with E-state index in [-0.39, 0.29) is 12.3 Å². The van der Waals surface area contributed by atoms with E-state index in [4.69, 9.17) is 9.84 Å². The lowest BCUT2D eigenvalue weighted by molar-refractivity contribution is -0.144. The summed E-state index contributed by atoms with van der Waals surface area (Å²) < 4.78 is 5.62. The van der Waals surface area contributed by atoms with E-state index in [2.05, 4.69) is 13.8 Å². The van der Waals surface area contributed by atoms with Crippen LogP contribution in [0, 0.1) is 11.8 Å². The molecule has 1 N–H and O–H groups in total. The lowest BCUT2D eigenvalue weighted by Crippen LogP contribution is -2.45. The molecule has 0 spiro atoms. The zero-order valence-corrected chi connectivity index (χ0v) is 13.5. The molecule has 122 valence electrons. The van der Waals surface area contributed by atoms with E-state index in [9.17, 15) is 9.59 Å². The van der Waals surface area contributed by atoms with Gasteiger partial charge >= 0.3 is 5.97 Å². The summed E-state index contributed by atoms with van der Waals surface area (Å²) in [6.07, 6.45) is 3.37. The number of carbonyl (C=O) groups is 2. The fourth-order valence-electron chi connectivity index (χ4n) is 2.64. The molecule has 0 saturated carbocycles. The molecule has 0 radical (unpaired) electrons. The van der Waals surface area contributed by atoms with Crippen LogP contribution in [0.25, 0.3) is 0 Å². The van der Waals surface area contributed by atoms with Gasteiger partial charge in [-0.05, 0) is 44.4 Å². The number of carbonyl (C=O) groups excluding carboxylic acids is 1. The Bertz CT molecular complexity index is 343. The highest BCUT2D eigenvalue weighted by Gasteiger charge is 2.27. The Morgan fingerprint density at radius 3 is 2.67 bits per heavy atom. The molecule has 21 heavy (non-hydrogen) atoms. The Kier molecular flexibility index (Phi) is 7.72. The maximum absolute atomic E-state index is 12.3. The standard InChI is InChI=1S/C16H29NO4/c1-12(2)8-10-21-13(3)16(20)17-9-4-5-14(11-17)6-7-15(18)19/h12-14H,4-11H2,1-3H3,(H,18,19)/t13-,14-/m1/s1. The van der Waals surface area contributed by atoms with Gasteiger partial charge in [0.1, 0.15) is 6.10 Å². The molecule has 0 aliphatic carbocycles. The number of hydrogen-bond acceptors (Lipinski definition) is 3. The molecule has 2 atom stereocenters. The van der Waals surface area contributed by atoms with Crippen LogP contribution in [0.2, 0.25) is 0 Å². The van der Waals surface area contributed by atoms with Gasteiger partial charge in [0.05, 0.1) is 0 Å². The Morgan fingerprint density at radius 2 is 2.05 bits per heavy atom. The normalized spacial score (nSPS) is 20.6. The number of rotatable bonds is 8. The molecule has 1 aliphatic heterocycles. The van der Waals surface area contributed by atoms with Crippen LogP contribution in [0.1, 0.15) is 52.9 Å². The molecule has 0 unspecified atom stereocenters. The van der Waals surface area contributed by atoms with Crippen LogP contribution < -0.4 is 0 Å². The SMILES string of the molecule is CC(C)CCO[C@H](C)C(=O)N1CCC[C@H](CCC(=O)O)C1. The fraction of sp³-hybridized carbons (Fsp3) is 0.875. The van der Waals surface area contributed by atoms with Gasteiger partial charge in [-0.1, -0.05) is 13.8 Å². The van der Waals surface area contributed by atoms with E-state index in [1.54, 1.807) is 0 Å². The summed E-state index contributed by atoms with van der Waals surface area (Å²) in [6.45, 7) is 8.12. The van der Waals surface area contributed by atoms with Gasteiger partial charge in [-0.2, -0.15) is 0 Å². The number of piperidine rings is 1. The molecule has 0 aromatic rings. The molecule has 1 heterocycles. The maximum atomic E-state index is 12.3. The molecule has 1 saturated heterocycles. The molecule has 0 aromatic carbocycles. The molecule has 0 bridgehead atoms. The van der Waals surface area contributed by atoms with Crippen molar-refractivity contribution in [3.05, 3.63) is 0 Å². The number of likely N-dealkylation sites (tertiary alicyclic amines) is 1. The lowest BCUT2D eigenvalue weighted by atomic mass is 9.93. The summed E-state index contributed by atoms with van der Waals surface area (Å²) in [5.74, 6) is 0.159. The van der Waals surface area contributed by atoms with Crippen LogP contribution in [-0.2, 0) is 14.3 Å². The maximum Gasteiger partial charge on any atom is 0.303 e. The van der Waals surface area contributed by atoms with Crippen molar-refractivity contribution in [3.63, 3.8) is 0 Å². The van der Waals surface area contributed by atoms with Crippen LogP contribution in [0.4, 0.5) is 0 Å². The van der Waals surface area contributed by atoms with Gasteiger partial charge in [0.15, 0.2) is 0 Å². The molecule has 0 aromatic heterocycles. The smallest absolute Gasteiger partial charge is 0.303 e. The van der Waals surface area contributed by atoms with Gasteiger partial charge in [0, 0.05) is 26.1 Å². The van der Waals surface area contributed by atoms with E-state index in [1.807, 2.05) is 11.8 Å². The Balaban J connectivity index is 2.36. The van der Waals surface area contributed by atoms with Crippen molar-refractivity contribution < 1.29 is 19.4 Å². The second-order valence-electron chi connectivity index (χ2n) is 6.42. The monoisotopic (exact) mass is 299 g/mol. The average molecular weight is 299 g/mol. The van der Waals surface area contributed by atoms with Gasteiger partial charge in [-0.15, -0.1) is 0 Å². The topological polar surface area (TPSA) is 66.8 Å². The number of carboxylic acids is 1. The Morgan fingerprint density at radius 1 is 1.33 bits per heavy atom. The number of amides is 1. The number of ether oxygens (including phenoxy) is 1. The minimum Gasteiger partial charge on any atom is -0.481 e. The van der Waals surface area contributed by atoms with Crippen molar-refractivity contribution in [1.82, 2.24) is 4.90 Å². The molecule has 5 nitrogen and oxygen atoms in total. The van der Waals surface area contributed by atoms with Crippen LogP contribution in [-0.4, -0.2) is 47.7 Å². The first kappa shape index (κ1) is 18.0. The van der Waals surface area contributed by atoms with Crippen molar-refractivity contribution in [2.75, 3.05) is 19.7 Å². The first-order valence-corrected chi connectivity index (χ1v) is 8.02. The Labute approximate surface area is 127 Å². The third-order valence-electron chi connectivity index (χ3n) is 4.01. The van der Waals surface area contributed by atoms with Crippen molar-refractivity contribution >= 4 is 11.9 Å². The first-order chi connectivity index (χ1) is 9.90. The van der Waals surface area contributed by atoms with Gasteiger partial charge in [0.2, 0.25) is 0 Å². The van der Waals surface area contributed by atoms with Crippen molar-refractivity contribution in [3.8, 4) is 0 Å². The van der Waals surface area contributed by atoms with Crippen LogP contribution in [0.15, 0.2) is 0 Å². The minimum absolute atomic E-state index is 0.0405. The fourth-order valence-corrected chi connectivity index (χ4v) is 2.64. The number of aliphatic carboxylic acids is 1. The van der Waals surface area contributed by atoms with Crippen LogP contribution in [0.3, 0.4) is 0 Å². The lowest BCUT2D eigenvalue weighted by Gasteiger charge is -2.34. The average Bonchev–Trinajstić information content (AvgIpc) is 2.44. The predicted octanol–water partition coefficient (Wildman–Crippen LogP) is 2.54. The molecule has 5 heteroatoms. The van der Waals surface area contributed by atoms with E-state index in [0.717, 1.165) is 25.8 Å². The zero-order valence-electron chi connectivity index (χ0n) is 13.5. The number of carboxylic acid groups (broad SMARTS) is 1.